The number of rotatable bonds is 6. The molecule has 150 valence electrons. The lowest BCUT2D eigenvalue weighted by Crippen LogP contribution is -2.15. The molecule has 1 saturated carbocycles. The molecule has 1 aromatic heterocycles. The van der Waals surface area contributed by atoms with E-state index in [-0.39, 0.29) is 28.4 Å². The van der Waals surface area contributed by atoms with Crippen LogP contribution >= 0.6 is 0 Å². The zero-order valence-corrected chi connectivity index (χ0v) is 15.2. The van der Waals surface area contributed by atoms with Gasteiger partial charge in [-0.25, -0.2) is 4.79 Å². The van der Waals surface area contributed by atoms with Crippen LogP contribution in [0, 0.1) is 0 Å². The largest absolute Gasteiger partial charge is 0.772 e. The van der Waals surface area contributed by atoms with E-state index in [2.05, 4.69) is 9.89 Å². The molecule has 1 heterocycles. The number of esters is 1. The predicted molar refractivity (Wildman–Crippen MR) is 87.3 cm³/mol. The number of hydrogen-bond acceptors (Lipinski definition) is 7. The number of alkyl halides is 3. The molecular formula is C17H13F3NO6S-. The summed E-state index contributed by atoms with van der Waals surface area (Å²) in [6.07, 6.45) is -3.32. The Morgan fingerprint density at radius 1 is 1.36 bits per heavy atom. The number of benzene rings is 1. The molecular weight excluding hydrogens is 403 g/mol. The summed E-state index contributed by atoms with van der Waals surface area (Å²) in [5, 5.41) is 3.57. The van der Waals surface area contributed by atoms with Crippen LogP contribution in [0.15, 0.2) is 22.7 Å². The van der Waals surface area contributed by atoms with Gasteiger partial charge < -0.3 is 13.8 Å². The molecule has 0 saturated heterocycles. The number of carbonyl (C=O) groups is 2. The molecule has 0 N–H and O–H groups in total. The summed E-state index contributed by atoms with van der Waals surface area (Å²) in [6.45, 7) is 0. The minimum atomic E-state index is -4.71. The first kappa shape index (κ1) is 20.2. The number of aromatic nitrogens is 1. The average molecular weight is 416 g/mol. The van der Waals surface area contributed by atoms with Crippen LogP contribution in [0.3, 0.4) is 0 Å². The Morgan fingerprint density at radius 2 is 2.04 bits per heavy atom. The fraction of sp³-hybridized carbons (Fsp3) is 0.353. The second kappa shape index (κ2) is 7.47. The van der Waals surface area contributed by atoms with E-state index in [1.54, 1.807) is 0 Å². The van der Waals surface area contributed by atoms with Gasteiger partial charge in [0.15, 0.2) is 11.5 Å². The van der Waals surface area contributed by atoms with E-state index in [4.69, 9.17) is 4.52 Å². The summed E-state index contributed by atoms with van der Waals surface area (Å²) in [5.41, 5.74) is -2.33. The highest BCUT2D eigenvalue weighted by molar-refractivity contribution is 7.78. The summed E-state index contributed by atoms with van der Waals surface area (Å²) in [4.78, 5) is 25.0. The van der Waals surface area contributed by atoms with E-state index in [1.807, 2.05) is 0 Å². The summed E-state index contributed by atoms with van der Waals surface area (Å²) < 4.78 is 70.8. The van der Waals surface area contributed by atoms with Crippen LogP contribution in [-0.2, 0) is 27.7 Å². The van der Waals surface area contributed by atoms with Crippen molar-refractivity contribution in [3.8, 4) is 0 Å². The van der Waals surface area contributed by atoms with Gasteiger partial charge in [-0.2, -0.15) is 13.2 Å². The fourth-order valence-corrected chi connectivity index (χ4v) is 3.25. The van der Waals surface area contributed by atoms with Gasteiger partial charge in [0.2, 0.25) is 5.69 Å². The van der Waals surface area contributed by atoms with Gasteiger partial charge in [0, 0.05) is 17.2 Å². The van der Waals surface area contributed by atoms with Crippen molar-refractivity contribution < 1.29 is 40.8 Å². The van der Waals surface area contributed by atoms with Gasteiger partial charge in [-0.05, 0) is 30.5 Å². The van der Waals surface area contributed by atoms with E-state index < -0.39 is 46.0 Å². The molecule has 0 aliphatic heterocycles. The van der Waals surface area contributed by atoms with Crippen LogP contribution in [0.25, 0.3) is 0 Å². The number of ketones is 1. The third kappa shape index (κ3) is 3.99. The lowest BCUT2D eigenvalue weighted by Gasteiger charge is -2.14. The molecule has 0 radical (unpaired) electrons. The van der Waals surface area contributed by atoms with Crippen molar-refractivity contribution in [3.05, 3.63) is 51.9 Å². The zero-order chi connectivity index (χ0) is 20.6. The lowest BCUT2D eigenvalue weighted by atomic mass is 9.95. The first-order valence-electron chi connectivity index (χ1n) is 8.02. The number of nitrogens with zero attached hydrogens (tertiary/aromatic N) is 1. The van der Waals surface area contributed by atoms with Gasteiger partial charge >= 0.3 is 12.1 Å². The molecule has 11 heteroatoms. The predicted octanol–water partition coefficient (Wildman–Crippen LogP) is 2.97. The Morgan fingerprint density at radius 3 is 2.57 bits per heavy atom. The molecule has 3 rings (SSSR count). The molecule has 2 aromatic rings. The number of hydrogen-bond donors (Lipinski definition) is 0. The third-order valence-corrected chi connectivity index (χ3v) is 4.77. The molecule has 0 bridgehead atoms. The maximum atomic E-state index is 13.1. The van der Waals surface area contributed by atoms with E-state index in [1.165, 1.54) is 0 Å². The number of carbonyl (C=O) groups excluding carboxylic acids is 2. The van der Waals surface area contributed by atoms with Crippen molar-refractivity contribution in [2.75, 3.05) is 7.11 Å². The topological polar surface area (TPSA) is 110 Å². The maximum absolute atomic E-state index is 13.1. The van der Waals surface area contributed by atoms with Crippen LogP contribution in [0.2, 0.25) is 0 Å². The number of ether oxygens (including phenoxy) is 1. The first-order valence-corrected chi connectivity index (χ1v) is 9.26. The van der Waals surface area contributed by atoms with Crippen molar-refractivity contribution in [2.45, 2.75) is 30.7 Å². The Hall–Kier alpha value is -2.53. The van der Waals surface area contributed by atoms with E-state index in [0.717, 1.165) is 13.2 Å². The van der Waals surface area contributed by atoms with Gasteiger partial charge in [0.1, 0.15) is 5.56 Å². The van der Waals surface area contributed by atoms with E-state index in [0.29, 0.717) is 25.0 Å². The second-order valence-electron chi connectivity index (χ2n) is 6.18. The highest BCUT2D eigenvalue weighted by Gasteiger charge is 2.38. The van der Waals surface area contributed by atoms with Crippen molar-refractivity contribution >= 4 is 22.8 Å². The van der Waals surface area contributed by atoms with Crippen LogP contribution in [0.4, 0.5) is 13.2 Å². The minimum absolute atomic E-state index is 0.138. The Kier molecular flexibility index (Phi) is 5.39. The molecule has 1 unspecified atom stereocenters. The lowest BCUT2D eigenvalue weighted by molar-refractivity contribution is -0.137. The summed E-state index contributed by atoms with van der Waals surface area (Å²) in [6, 6.07) is 2.16. The minimum Gasteiger partial charge on any atom is -0.772 e. The fourth-order valence-electron chi connectivity index (χ4n) is 2.76. The highest BCUT2D eigenvalue weighted by Crippen LogP contribution is 2.43. The van der Waals surface area contributed by atoms with Gasteiger partial charge in [-0.3, -0.25) is 9.00 Å². The monoisotopic (exact) mass is 416 g/mol. The van der Waals surface area contributed by atoms with Crippen LogP contribution < -0.4 is 0 Å². The number of methoxy groups -OCH3 is 1. The summed E-state index contributed by atoms with van der Waals surface area (Å²) in [5.74, 6) is -2.60. The second-order valence-corrected chi connectivity index (χ2v) is 7.08. The molecule has 1 aliphatic carbocycles. The summed E-state index contributed by atoms with van der Waals surface area (Å²) >= 11 is -2.74. The van der Waals surface area contributed by atoms with Gasteiger partial charge in [0.05, 0.1) is 12.7 Å². The third-order valence-electron chi connectivity index (χ3n) is 4.22. The van der Waals surface area contributed by atoms with Gasteiger partial charge in [-0.15, -0.1) is 0 Å². The van der Waals surface area contributed by atoms with Crippen LogP contribution in [0.1, 0.15) is 62.1 Å². The summed E-state index contributed by atoms with van der Waals surface area (Å²) in [7, 11) is 1.08. The highest BCUT2D eigenvalue weighted by atomic mass is 32.2. The Labute approximate surface area is 159 Å². The molecule has 1 atom stereocenters. The molecule has 1 fully saturated rings. The molecule has 28 heavy (non-hydrogen) atoms. The van der Waals surface area contributed by atoms with E-state index in [9.17, 15) is 31.5 Å². The first-order chi connectivity index (χ1) is 13.1. The molecule has 0 spiro atoms. The normalized spacial score (nSPS) is 15.3. The number of halogens is 3. The SMILES string of the molecule is COC(=O)c1noc(C2CC2)c1C(=O)c1ccc(C(F)(F)F)cc1CS(=O)[O-]. The molecule has 1 aromatic carbocycles. The standard InChI is InChI=1S/C17H14F3NO6S/c1-26-16(23)13-12(15(27-21-13)8-2-3-8)14(22)11-5-4-10(17(18,19)20)6-9(11)7-28(24)25/h4-6,8H,2-3,7H2,1H3,(H,24,25)/p-1. The molecule has 1 aliphatic rings. The molecule has 7 nitrogen and oxygen atoms in total. The van der Waals surface area contributed by atoms with Crippen molar-refractivity contribution in [2.24, 2.45) is 0 Å². The van der Waals surface area contributed by atoms with Gasteiger partial charge in [0.25, 0.3) is 0 Å². The van der Waals surface area contributed by atoms with E-state index >= 15 is 0 Å². The Balaban J connectivity index is 2.13. The average Bonchev–Trinajstić information content (AvgIpc) is 3.37. The van der Waals surface area contributed by atoms with Gasteiger partial charge in [-0.1, -0.05) is 22.3 Å². The quantitative estimate of drug-likeness (QED) is 0.404. The van der Waals surface area contributed by atoms with Crippen LogP contribution in [-0.4, -0.2) is 32.8 Å². The molecule has 0 amide bonds. The van der Waals surface area contributed by atoms with Crippen LogP contribution in [0.5, 0.6) is 0 Å². The maximum Gasteiger partial charge on any atom is 0.416 e. The smallest absolute Gasteiger partial charge is 0.416 e. The van der Waals surface area contributed by atoms with Crippen molar-refractivity contribution in [3.63, 3.8) is 0 Å². The zero-order valence-electron chi connectivity index (χ0n) is 14.4. The van der Waals surface area contributed by atoms with Crippen molar-refractivity contribution in [1.82, 2.24) is 5.16 Å². The van der Waals surface area contributed by atoms with Crippen molar-refractivity contribution in [1.29, 1.82) is 0 Å². The Bertz CT molecular complexity index is 964.